The highest BCUT2D eigenvalue weighted by Crippen LogP contribution is 2.14. The van der Waals surface area contributed by atoms with Crippen molar-refractivity contribution in [3.05, 3.63) is 34.9 Å². The molecule has 3 heteroatoms. The van der Waals surface area contributed by atoms with Crippen LogP contribution in [0.25, 0.3) is 0 Å². The van der Waals surface area contributed by atoms with E-state index in [0.717, 1.165) is 31.5 Å². The van der Waals surface area contributed by atoms with Crippen molar-refractivity contribution in [3.8, 4) is 0 Å². The predicted molar refractivity (Wildman–Crippen MR) is 87.5 cm³/mol. The number of amides is 1. The lowest BCUT2D eigenvalue weighted by atomic mass is 10.0. The van der Waals surface area contributed by atoms with E-state index in [9.17, 15) is 4.79 Å². The second-order valence-electron chi connectivity index (χ2n) is 6.57. The number of hydrogen-bond acceptors (Lipinski definition) is 2. The van der Waals surface area contributed by atoms with Gasteiger partial charge in [-0.05, 0) is 57.2 Å². The molecule has 1 aromatic carbocycles. The van der Waals surface area contributed by atoms with E-state index < -0.39 is 0 Å². The van der Waals surface area contributed by atoms with Gasteiger partial charge in [0.1, 0.15) is 0 Å². The molecule has 0 aliphatic carbocycles. The molecule has 1 fully saturated rings. The van der Waals surface area contributed by atoms with Crippen molar-refractivity contribution >= 4 is 5.91 Å². The van der Waals surface area contributed by atoms with Crippen molar-refractivity contribution in [2.75, 3.05) is 13.1 Å². The molecule has 1 aromatic rings. The summed E-state index contributed by atoms with van der Waals surface area (Å²) in [5.41, 5.74) is 3.64. The Bertz CT molecular complexity index is 488. The van der Waals surface area contributed by atoms with Crippen LogP contribution in [0, 0.1) is 13.8 Å². The van der Waals surface area contributed by atoms with Crippen LogP contribution in [0.1, 0.15) is 43.4 Å². The van der Waals surface area contributed by atoms with E-state index in [1.807, 2.05) is 0 Å². The van der Waals surface area contributed by atoms with Gasteiger partial charge in [0.05, 0.1) is 6.42 Å². The number of benzene rings is 1. The summed E-state index contributed by atoms with van der Waals surface area (Å²) in [5, 5.41) is 3.20. The van der Waals surface area contributed by atoms with Crippen LogP contribution in [-0.4, -0.2) is 36.0 Å². The average molecular weight is 288 g/mol. The van der Waals surface area contributed by atoms with Gasteiger partial charge < -0.3 is 10.2 Å². The van der Waals surface area contributed by atoms with E-state index in [0.29, 0.717) is 18.5 Å². The van der Waals surface area contributed by atoms with E-state index in [1.165, 1.54) is 11.1 Å². The molecule has 1 heterocycles. The van der Waals surface area contributed by atoms with Crippen molar-refractivity contribution in [2.24, 2.45) is 0 Å². The summed E-state index contributed by atoms with van der Waals surface area (Å²) in [5.74, 6) is 0.154. The topological polar surface area (TPSA) is 32.3 Å². The number of carbonyl (C=O) groups excluding carboxylic acids is 1. The number of nitrogens with zero attached hydrogens (tertiary/aromatic N) is 1. The van der Waals surface area contributed by atoms with E-state index in [1.54, 1.807) is 0 Å². The van der Waals surface area contributed by atoms with Crippen molar-refractivity contribution in [1.82, 2.24) is 10.2 Å². The summed E-state index contributed by atoms with van der Waals surface area (Å²) in [6.07, 6.45) is 2.62. The van der Waals surface area contributed by atoms with Gasteiger partial charge in [-0.25, -0.2) is 0 Å². The lowest BCUT2D eigenvalue weighted by Gasteiger charge is -2.34. The molecule has 1 N–H and O–H groups in total. The van der Waals surface area contributed by atoms with Gasteiger partial charge in [-0.1, -0.05) is 18.2 Å². The number of rotatable bonds is 4. The monoisotopic (exact) mass is 288 g/mol. The number of carbonyl (C=O) groups is 1. The van der Waals surface area contributed by atoms with Gasteiger partial charge in [0.15, 0.2) is 0 Å². The molecule has 3 nitrogen and oxygen atoms in total. The smallest absolute Gasteiger partial charge is 0.224 e. The number of nitrogens with one attached hydrogen (secondary N) is 1. The van der Waals surface area contributed by atoms with Crippen LogP contribution < -0.4 is 5.32 Å². The quantitative estimate of drug-likeness (QED) is 0.924. The Labute approximate surface area is 128 Å². The van der Waals surface area contributed by atoms with Gasteiger partial charge in [0.25, 0.3) is 0 Å². The molecule has 0 aromatic heterocycles. The third-order valence-electron chi connectivity index (χ3n) is 4.56. The SMILES string of the molecule is Cc1ccc(CC(=O)NC2CCN(C(C)C)CC2)cc1C. The van der Waals surface area contributed by atoms with E-state index >= 15 is 0 Å². The Kier molecular flexibility index (Phi) is 5.40. The first-order valence-corrected chi connectivity index (χ1v) is 8.05. The molecule has 0 atom stereocenters. The Balaban J connectivity index is 1.81. The largest absolute Gasteiger partial charge is 0.353 e. The highest BCUT2D eigenvalue weighted by molar-refractivity contribution is 5.79. The summed E-state index contributed by atoms with van der Waals surface area (Å²) >= 11 is 0. The first-order chi connectivity index (χ1) is 9.95. The molecule has 21 heavy (non-hydrogen) atoms. The van der Waals surface area contributed by atoms with Gasteiger partial charge in [-0.2, -0.15) is 0 Å². The molecule has 0 spiro atoms. The molecule has 1 amide bonds. The van der Waals surface area contributed by atoms with Gasteiger partial charge in [0.2, 0.25) is 5.91 Å². The maximum absolute atomic E-state index is 12.2. The van der Waals surface area contributed by atoms with Gasteiger partial charge in [-0.15, -0.1) is 0 Å². The zero-order valence-electron chi connectivity index (χ0n) is 13.8. The van der Waals surface area contributed by atoms with Gasteiger partial charge in [-0.3, -0.25) is 4.79 Å². The van der Waals surface area contributed by atoms with Crippen LogP contribution in [0.3, 0.4) is 0 Å². The first kappa shape index (κ1) is 16.0. The molecule has 0 saturated carbocycles. The van der Waals surface area contributed by atoms with Crippen molar-refractivity contribution in [1.29, 1.82) is 0 Å². The van der Waals surface area contributed by atoms with E-state index in [-0.39, 0.29) is 5.91 Å². The minimum Gasteiger partial charge on any atom is -0.353 e. The zero-order valence-corrected chi connectivity index (χ0v) is 13.8. The maximum Gasteiger partial charge on any atom is 0.224 e. The van der Waals surface area contributed by atoms with Gasteiger partial charge >= 0.3 is 0 Å². The van der Waals surface area contributed by atoms with Crippen LogP contribution >= 0.6 is 0 Å². The molecule has 2 rings (SSSR count). The Morgan fingerprint density at radius 1 is 1.24 bits per heavy atom. The molecule has 0 bridgehead atoms. The fourth-order valence-corrected chi connectivity index (χ4v) is 2.94. The third-order valence-corrected chi connectivity index (χ3v) is 4.56. The summed E-state index contributed by atoms with van der Waals surface area (Å²) < 4.78 is 0. The Morgan fingerprint density at radius 2 is 1.90 bits per heavy atom. The summed E-state index contributed by atoms with van der Waals surface area (Å²) in [7, 11) is 0. The zero-order chi connectivity index (χ0) is 15.4. The second kappa shape index (κ2) is 7.08. The normalized spacial score (nSPS) is 17.2. The van der Waals surface area contributed by atoms with Crippen LogP contribution in [0.4, 0.5) is 0 Å². The molecule has 116 valence electrons. The molecule has 0 radical (unpaired) electrons. The lowest BCUT2D eigenvalue weighted by Crippen LogP contribution is -2.46. The van der Waals surface area contributed by atoms with E-state index in [4.69, 9.17) is 0 Å². The molecular formula is C18H28N2O. The van der Waals surface area contributed by atoms with Crippen LogP contribution in [0.15, 0.2) is 18.2 Å². The molecular weight excluding hydrogens is 260 g/mol. The molecule has 1 aliphatic heterocycles. The fourth-order valence-electron chi connectivity index (χ4n) is 2.94. The van der Waals surface area contributed by atoms with Crippen molar-refractivity contribution < 1.29 is 4.79 Å². The molecule has 1 aliphatic rings. The number of likely N-dealkylation sites (tertiary alicyclic amines) is 1. The summed E-state index contributed by atoms with van der Waals surface area (Å²) in [6.45, 7) is 10.8. The summed E-state index contributed by atoms with van der Waals surface area (Å²) in [6, 6.07) is 7.23. The van der Waals surface area contributed by atoms with Crippen LogP contribution in [-0.2, 0) is 11.2 Å². The fraction of sp³-hybridized carbons (Fsp3) is 0.611. The number of hydrogen-bond donors (Lipinski definition) is 1. The second-order valence-corrected chi connectivity index (χ2v) is 6.57. The Morgan fingerprint density at radius 3 is 2.48 bits per heavy atom. The maximum atomic E-state index is 12.2. The van der Waals surface area contributed by atoms with Crippen molar-refractivity contribution in [2.45, 2.75) is 59.0 Å². The number of piperidine rings is 1. The summed E-state index contributed by atoms with van der Waals surface area (Å²) in [4.78, 5) is 14.6. The Hall–Kier alpha value is -1.35. The van der Waals surface area contributed by atoms with Crippen LogP contribution in [0.5, 0.6) is 0 Å². The minimum absolute atomic E-state index is 0.154. The van der Waals surface area contributed by atoms with E-state index in [2.05, 4.69) is 56.1 Å². The van der Waals surface area contributed by atoms with Gasteiger partial charge in [0, 0.05) is 25.2 Å². The predicted octanol–water partition coefficient (Wildman–Crippen LogP) is 2.83. The highest BCUT2D eigenvalue weighted by Gasteiger charge is 2.21. The number of aryl methyl sites for hydroxylation is 2. The molecule has 1 saturated heterocycles. The average Bonchev–Trinajstić information content (AvgIpc) is 2.43. The minimum atomic E-state index is 0.154. The van der Waals surface area contributed by atoms with Crippen LogP contribution in [0.2, 0.25) is 0 Å². The standard InChI is InChI=1S/C18H28N2O/c1-13(2)20-9-7-17(8-10-20)19-18(21)12-16-6-5-14(3)15(4)11-16/h5-6,11,13,17H,7-10,12H2,1-4H3,(H,19,21). The van der Waals surface area contributed by atoms with Crippen molar-refractivity contribution in [3.63, 3.8) is 0 Å². The first-order valence-electron chi connectivity index (χ1n) is 8.05. The molecule has 0 unspecified atom stereocenters. The highest BCUT2D eigenvalue weighted by atomic mass is 16.1. The lowest BCUT2D eigenvalue weighted by molar-refractivity contribution is -0.121. The third kappa shape index (κ3) is 4.57.